The van der Waals surface area contributed by atoms with Crippen LogP contribution in [0.2, 0.25) is 0 Å². The van der Waals surface area contributed by atoms with E-state index >= 15 is 0 Å². The molecule has 0 saturated heterocycles. The Labute approximate surface area is 446 Å². The van der Waals surface area contributed by atoms with Crippen molar-refractivity contribution in [2.75, 3.05) is 13.2 Å². The number of carbonyl (C=O) groups is 3. The molecule has 0 aromatic heterocycles. The van der Waals surface area contributed by atoms with Crippen molar-refractivity contribution >= 4 is 17.9 Å². The monoisotopic (exact) mass is 1000 g/mol. The Morgan fingerprint density at radius 3 is 0.903 bits per heavy atom. The third kappa shape index (κ3) is 57.7. The maximum atomic E-state index is 12.9. The van der Waals surface area contributed by atoms with E-state index in [1.807, 2.05) is 0 Å². The summed E-state index contributed by atoms with van der Waals surface area (Å²) in [6.45, 7) is 6.52. The molecule has 0 bridgehead atoms. The van der Waals surface area contributed by atoms with E-state index in [0.717, 1.165) is 77.0 Å². The minimum atomic E-state index is -0.805. The molecule has 0 saturated carbocycles. The summed E-state index contributed by atoms with van der Waals surface area (Å²) >= 11 is 0. The van der Waals surface area contributed by atoms with Crippen LogP contribution in [0.4, 0.5) is 0 Å². The molecule has 0 aromatic rings. The summed E-state index contributed by atoms with van der Waals surface area (Å²) in [5.41, 5.74) is 0. The summed E-state index contributed by atoms with van der Waals surface area (Å²) < 4.78 is 16.9. The van der Waals surface area contributed by atoms with Gasteiger partial charge in [-0.1, -0.05) is 280 Å². The fourth-order valence-electron chi connectivity index (χ4n) is 8.83. The van der Waals surface area contributed by atoms with Crippen molar-refractivity contribution in [3.63, 3.8) is 0 Å². The van der Waals surface area contributed by atoms with E-state index in [1.54, 1.807) is 0 Å². The largest absolute Gasteiger partial charge is 0.462 e. The Hall–Kier alpha value is -3.15. The fourth-order valence-corrected chi connectivity index (χ4v) is 8.83. The maximum absolute atomic E-state index is 12.9. The molecule has 0 spiro atoms. The predicted molar refractivity (Wildman–Crippen MR) is 311 cm³/mol. The lowest BCUT2D eigenvalue weighted by Crippen LogP contribution is -2.30. The zero-order valence-electron chi connectivity index (χ0n) is 47.7. The van der Waals surface area contributed by atoms with E-state index in [9.17, 15) is 14.4 Å². The second-order valence-corrected chi connectivity index (χ2v) is 20.6. The first-order valence-corrected chi connectivity index (χ1v) is 30.9. The Morgan fingerprint density at radius 1 is 0.292 bits per heavy atom. The highest BCUT2D eigenvalue weighted by atomic mass is 16.6. The van der Waals surface area contributed by atoms with Crippen molar-refractivity contribution in [3.05, 3.63) is 72.9 Å². The highest BCUT2D eigenvalue weighted by molar-refractivity contribution is 5.71. The molecule has 0 aliphatic heterocycles. The van der Waals surface area contributed by atoms with E-state index in [1.165, 1.54) is 186 Å². The lowest BCUT2D eigenvalue weighted by atomic mass is 10.0. The van der Waals surface area contributed by atoms with Gasteiger partial charge < -0.3 is 14.2 Å². The Balaban J connectivity index is 4.41. The van der Waals surface area contributed by atoms with Crippen LogP contribution in [0.25, 0.3) is 0 Å². The average molecular weight is 1010 g/mol. The molecule has 0 aromatic carbocycles. The molecule has 0 fully saturated rings. The highest BCUT2D eigenvalue weighted by Gasteiger charge is 2.19. The Kier molecular flexibility index (Phi) is 57.8. The second kappa shape index (κ2) is 60.4. The van der Waals surface area contributed by atoms with E-state index in [2.05, 4.69) is 93.7 Å². The smallest absolute Gasteiger partial charge is 0.306 e. The molecule has 0 radical (unpaired) electrons. The van der Waals surface area contributed by atoms with Crippen molar-refractivity contribution in [2.45, 2.75) is 316 Å². The van der Waals surface area contributed by atoms with Crippen molar-refractivity contribution in [2.24, 2.45) is 0 Å². The molecule has 1 unspecified atom stereocenters. The molecule has 0 aliphatic rings. The van der Waals surface area contributed by atoms with Gasteiger partial charge in [0, 0.05) is 19.3 Å². The zero-order valence-corrected chi connectivity index (χ0v) is 47.7. The van der Waals surface area contributed by atoms with Gasteiger partial charge in [0.1, 0.15) is 13.2 Å². The normalized spacial score (nSPS) is 12.5. The van der Waals surface area contributed by atoms with Crippen molar-refractivity contribution < 1.29 is 28.6 Å². The molecule has 6 heteroatoms. The van der Waals surface area contributed by atoms with Crippen LogP contribution in [-0.2, 0) is 28.6 Å². The van der Waals surface area contributed by atoms with Gasteiger partial charge in [0.2, 0.25) is 0 Å². The van der Waals surface area contributed by atoms with Crippen molar-refractivity contribution in [1.29, 1.82) is 0 Å². The van der Waals surface area contributed by atoms with E-state index < -0.39 is 6.10 Å². The minimum Gasteiger partial charge on any atom is -0.462 e. The summed E-state index contributed by atoms with van der Waals surface area (Å²) in [6, 6.07) is 0. The second-order valence-electron chi connectivity index (χ2n) is 20.6. The van der Waals surface area contributed by atoms with Gasteiger partial charge in [0.25, 0.3) is 0 Å². The van der Waals surface area contributed by atoms with Crippen LogP contribution in [0.3, 0.4) is 0 Å². The molecular formula is C66H116O6. The van der Waals surface area contributed by atoms with Gasteiger partial charge in [-0.05, 0) is 83.5 Å². The summed E-state index contributed by atoms with van der Waals surface area (Å²) in [4.78, 5) is 38.2. The van der Waals surface area contributed by atoms with Gasteiger partial charge in [0.05, 0.1) is 0 Å². The van der Waals surface area contributed by atoms with Crippen molar-refractivity contribution in [1.82, 2.24) is 0 Å². The van der Waals surface area contributed by atoms with Crippen LogP contribution in [0.1, 0.15) is 310 Å². The Morgan fingerprint density at radius 2 is 0.556 bits per heavy atom. The van der Waals surface area contributed by atoms with Crippen LogP contribution in [0.15, 0.2) is 72.9 Å². The highest BCUT2D eigenvalue weighted by Crippen LogP contribution is 2.16. The van der Waals surface area contributed by atoms with E-state index in [-0.39, 0.29) is 37.5 Å². The number of rotatable bonds is 56. The number of hydrogen-bond acceptors (Lipinski definition) is 6. The number of carbonyl (C=O) groups excluding carboxylic acids is 3. The first kappa shape index (κ1) is 68.8. The summed E-state index contributed by atoms with van der Waals surface area (Å²) in [7, 11) is 0. The molecule has 1 atom stereocenters. The quantitative estimate of drug-likeness (QED) is 0.0261. The number of allylic oxidation sites excluding steroid dienone is 12. The third-order valence-electron chi connectivity index (χ3n) is 13.4. The molecule has 6 nitrogen and oxygen atoms in total. The van der Waals surface area contributed by atoms with Crippen molar-refractivity contribution in [3.8, 4) is 0 Å². The van der Waals surface area contributed by atoms with Crippen LogP contribution in [0, 0.1) is 0 Å². The third-order valence-corrected chi connectivity index (χ3v) is 13.4. The van der Waals surface area contributed by atoms with Gasteiger partial charge in [-0.3, -0.25) is 14.4 Å². The first-order chi connectivity index (χ1) is 35.5. The molecule has 0 rings (SSSR count). The molecule has 0 heterocycles. The lowest BCUT2D eigenvalue weighted by Gasteiger charge is -2.18. The van der Waals surface area contributed by atoms with Crippen LogP contribution < -0.4 is 0 Å². The molecule has 0 amide bonds. The molecular weight excluding hydrogens is 889 g/mol. The minimum absolute atomic E-state index is 0.0957. The van der Waals surface area contributed by atoms with Gasteiger partial charge in [-0.25, -0.2) is 0 Å². The van der Waals surface area contributed by atoms with E-state index in [0.29, 0.717) is 19.3 Å². The molecule has 416 valence electrons. The average Bonchev–Trinajstić information content (AvgIpc) is 3.38. The summed E-state index contributed by atoms with van der Waals surface area (Å²) in [5, 5.41) is 0. The number of esters is 3. The lowest BCUT2D eigenvalue weighted by molar-refractivity contribution is -0.167. The maximum Gasteiger partial charge on any atom is 0.306 e. The van der Waals surface area contributed by atoms with Gasteiger partial charge in [-0.15, -0.1) is 0 Å². The summed E-state index contributed by atoms with van der Waals surface area (Å²) in [5.74, 6) is -0.943. The first-order valence-electron chi connectivity index (χ1n) is 30.9. The number of ether oxygens (including phenoxy) is 3. The van der Waals surface area contributed by atoms with Crippen LogP contribution in [0.5, 0.6) is 0 Å². The SMILES string of the molecule is CC/C=C\C/C=C\C/C=C\C/C=C\C/C=C\CCCC(=O)OC(COC(=O)CCCCCCCCCCC/C=C\CCCCCCCCCC)COC(=O)CCCCCCCCCCCCCCCCCC. The van der Waals surface area contributed by atoms with Crippen LogP contribution in [-0.4, -0.2) is 37.2 Å². The molecule has 72 heavy (non-hydrogen) atoms. The predicted octanol–water partition coefficient (Wildman–Crippen LogP) is 20.9. The van der Waals surface area contributed by atoms with Crippen LogP contribution >= 0.6 is 0 Å². The van der Waals surface area contributed by atoms with Gasteiger partial charge in [-0.2, -0.15) is 0 Å². The van der Waals surface area contributed by atoms with Gasteiger partial charge in [0.15, 0.2) is 6.10 Å². The zero-order chi connectivity index (χ0) is 52.2. The van der Waals surface area contributed by atoms with E-state index in [4.69, 9.17) is 14.2 Å². The topological polar surface area (TPSA) is 78.9 Å². The Bertz CT molecular complexity index is 1340. The molecule has 0 aliphatic carbocycles. The number of hydrogen-bond donors (Lipinski definition) is 0. The summed E-state index contributed by atoms with van der Waals surface area (Å²) in [6.07, 6.45) is 77.7. The fraction of sp³-hybridized carbons (Fsp3) is 0.773. The molecule has 0 N–H and O–H groups in total. The standard InChI is InChI=1S/C66H116O6/c1-4-7-10-13-16-19-22-25-28-31-32-33-34-36-38-41-44-47-50-53-56-59-65(68)71-62-63(61-70-64(67)58-55-52-49-46-43-40-37-30-27-24-21-18-15-12-9-6-3)72-66(69)60-57-54-51-48-45-42-39-35-29-26-23-20-17-14-11-8-5-2/h8,11,17,20,26,29,31-32,39,42,48,51,63H,4-7,9-10,12-16,18-19,21-25,27-28,30,33-38,40-41,43-47,49-50,52-62H2,1-3H3/b11-8-,20-17-,29-26-,32-31-,42-39-,51-48-. The number of unbranched alkanes of at least 4 members (excludes halogenated alkanes) is 33. The van der Waals surface area contributed by atoms with Gasteiger partial charge >= 0.3 is 17.9 Å².